The van der Waals surface area contributed by atoms with Crippen molar-refractivity contribution in [3.63, 3.8) is 0 Å². The Morgan fingerprint density at radius 3 is 1.88 bits per heavy atom. The minimum absolute atomic E-state index is 0.255. The number of carbonyl (C=O) groups is 1. The Bertz CT molecular complexity index is 1750. The van der Waals surface area contributed by atoms with Gasteiger partial charge in [-0.15, -0.1) is 5.11 Å². The van der Waals surface area contributed by atoms with Gasteiger partial charge in [0.05, 0.1) is 16.7 Å². The average molecular weight is 688 g/mol. The Morgan fingerprint density at radius 2 is 1.32 bits per heavy atom. The molecule has 0 aliphatic rings. The largest absolute Gasteiger partial charge is 0.510 e. The molecular weight excluding hydrogens is 638 g/mol. The van der Waals surface area contributed by atoms with Gasteiger partial charge in [-0.05, 0) is 101 Å². The quantitative estimate of drug-likeness (QED) is 0.0264. The minimum Gasteiger partial charge on any atom is -0.510 e. The molecule has 0 spiro atoms. The Morgan fingerprint density at radius 1 is 0.780 bits per heavy atom. The summed E-state index contributed by atoms with van der Waals surface area (Å²) >= 11 is 0. The van der Waals surface area contributed by atoms with E-state index in [0.29, 0.717) is 45.9 Å². The van der Waals surface area contributed by atoms with Crippen LogP contribution in [0.4, 0.5) is 34.9 Å². The second kappa shape index (κ2) is 19.0. The first-order valence-electron chi connectivity index (χ1n) is 17.1. The molecule has 0 atom stereocenters. The topological polar surface area (TPSA) is 204 Å². The Hall–Kier alpha value is -5.35. The van der Waals surface area contributed by atoms with Crippen LogP contribution < -0.4 is 27.0 Å². The van der Waals surface area contributed by atoms with Crippen molar-refractivity contribution in [2.45, 2.75) is 47.5 Å². The maximum atomic E-state index is 12.9. The lowest BCUT2D eigenvalue weighted by Crippen LogP contribution is -2.26. The van der Waals surface area contributed by atoms with Crippen LogP contribution in [0.2, 0.25) is 0 Å². The van der Waals surface area contributed by atoms with E-state index in [2.05, 4.69) is 93.9 Å². The molecule has 0 bridgehead atoms. The minimum atomic E-state index is -0.658. The number of aliphatic hydroxyl groups excluding tert-OH is 1. The highest BCUT2D eigenvalue weighted by Crippen LogP contribution is 2.22. The van der Waals surface area contributed by atoms with E-state index in [9.17, 15) is 14.7 Å². The van der Waals surface area contributed by atoms with Crippen LogP contribution >= 0.6 is 0 Å². The number of aliphatic hydroxyl groups is 1. The molecule has 0 radical (unpaired) electrons. The number of aromatic amines is 2. The number of fused-ring (bicyclic) bond motifs is 1. The molecule has 2 heterocycles. The van der Waals surface area contributed by atoms with E-state index in [-0.39, 0.29) is 17.1 Å². The van der Waals surface area contributed by atoms with Crippen molar-refractivity contribution in [1.29, 1.82) is 0 Å². The molecule has 16 heteroatoms. The molecule has 2 aromatic carbocycles. The van der Waals surface area contributed by atoms with E-state index in [4.69, 9.17) is 0 Å². The summed E-state index contributed by atoms with van der Waals surface area (Å²) in [6.07, 6.45) is 1.91. The van der Waals surface area contributed by atoms with Crippen LogP contribution in [0.1, 0.15) is 47.5 Å². The molecule has 0 unspecified atom stereocenters. The van der Waals surface area contributed by atoms with E-state index in [0.717, 1.165) is 65.2 Å². The van der Waals surface area contributed by atoms with Gasteiger partial charge in [0.2, 0.25) is 17.8 Å². The predicted octanol–water partition coefficient (Wildman–Crippen LogP) is 5.58. The van der Waals surface area contributed by atoms with Crippen LogP contribution in [0.5, 0.6) is 0 Å². The van der Waals surface area contributed by atoms with Crippen molar-refractivity contribution < 1.29 is 9.90 Å². The van der Waals surface area contributed by atoms with Gasteiger partial charge in [0.15, 0.2) is 5.70 Å². The Balaban J connectivity index is 1.41. The highest BCUT2D eigenvalue weighted by Gasteiger charge is 2.14. The molecule has 2 aromatic heterocycles. The fourth-order valence-corrected chi connectivity index (χ4v) is 5.11. The number of amides is 1. The third-order valence-electron chi connectivity index (χ3n) is 8.01. The summed E-state index contributed by atoms with van der Waals surface area (Å²) in [7, 11) is 0. The summed E-state index contributed by atoms with van der Waals surface area (Å²) in [6.45, 7) is 17.5. The number of benzene rings is 2. The number of rotatable bonds is 20. The highest BCUT2D eigenvalue weighted by atomic mass is 16.3. The lowest BCUT2D eigenvalue weighted by molar-refractivity contribution is -0.113. The van der Waals surface area contributed by atoms with Gasteiger partial charge in [-0.25, -0.2) is 4.79 Å². The van der Waals surface area contributed by atoms with Crippen LogP contribution in [-0.2, 0) is 4.79 Å². The van der Waals surface area contributed by atoms with Gasteiger partial charge >= 0.3 is 5.69 Å². The predicted molar refractivity (Wildman–Crippen MR) is 199 cm³/mol. The lowest BCUT2D eigenvalue weighted by Gasteiger charge is -2.18. The summed E-state index contributed by atoms with van der Waals surface area (Å²) < 4.78 is 0. The van der Waals surface area contributed by atoms with E-state index in [1.807, 2.05) is 0 Å². The second-order valence-corrected chi connectivity index (χ2v) is 11.5. The van der Waals surface area contributed by atoms with Gasteiger partial charge in [-0.3, -0.25) is 4.79 Å². The monoisotopic (exact) mass is 687 g/mol. The number of anilines is 5. The maximum absolute atomic E-state index is 12.9. The molecule has 16 nitrogen and oxygen atoms in total. The van der Waals surface area contributed by atoms with Crippen LogP contribution in [0.3, 0.4) is 0 Å². The Labute approximate surface area is 291 Å². The first-order chi connectivity index (χ1) is 24.2. The number of allylic oxidation sites excluding steroid dienone is 1. The van der Waals surface area contributed by atoms with Crippen molar-refractivity contribution in [1.82, 2.24) is 34.7 Å². The number of nitrogens with one attached hydrogen (secondary N) is 6. The lowest BCUT2D eigenvalue weighted by atomic mass is 10.2. The molecule has 1 amide bonds. The van der Waals surface area contributed by atoms with E-state index in [1.165, 1.54) is 6.92 Å². The fourth-order valence-electron chi connectivity index (χ4n) is 5.11. The third-order valence-corrected chi connectivity index (χ3v) is 8.01. The van der Waals surface area contributed by atoms with Crippen LogP contribution in [0.25, 0.3) is 11.0 Å². The number of nitrogens with zero attached hydrogens (tertiary/aromatic N) is 7. The second-order valence-electron chi connectivity index (χ2n) is 11.5. The molecule has 268 valence electrons. The van der Waals surface area contributed by atoms with Crippen LogP contribution in [0, 0.1) is 0 Å². The summed E-state index contributed by atoms with van der Waals surface area (Å²) in [5.74, 6) is 0.389. The van der Waals surface area contributed by atoms with Crippen molar-refractivity contribution >= 4 is 51.8 Å². The van der Waals surface area contributed by atoms with E-state index < -0.39 is 5.91 Å². The summed E-state index contributed by atoms with van der Waals surface area (Å²) in [5, 5.41) is 30.9. The SMILES string of the molecule is CCN(CC)CCCNc1nc(NCCCN(CC)CC)nc(Nc2ccc(N=NC(C(=O)Nc3ccc4[nH]c(=O)[nH]c4c3)=C(C)O)cc2)n1. The van der Waals surface area contributed by atoms with E-state index in [1.54, 1.807) is 42.5 Å². The highest BCUT2D eigenvalue weighted by molar-refractivity contribution is 6.04. The van der Waals surface area contributed by atoms with Gasteiger partial charge < -0.3 is 46.1 Å². The average Bonchev–Trinajstić information content (AvgIpc) is 3.48. The van der Waals surface area contributed by atoms with Gasteiger partial charge in [0.25, 0.3) is 5.91 Å². The van der Waals surface area contributed by atoms with Gasteiger partial charge in [-0.1, -0.05) is 27.7 Å². The zero-order valence-corrected chi connectivity index (χ0v) is 29.5. The molecule has 0 aliphatic carbocycles. The number of azo groups is 1. The normalized spacial score (nSPS) is 12.1. The number of carbonyl (C=O) groups excluding carboxylic acids is 1. The Kier molecular flexibility index (Phi) is 14.2. The van der Waals surface area contributed by atoms with Gasteiger partial charge in [-0.2, -0.15) is 20.1 Å². The maximum Gasteiger partial charge on any atom is 0.323 e. The molecular formula is C34H49N13O3. The first-order valence-corrected chi connectivity index (χ1v) is 17.1. The molecule has 4 aromatic rings. The molecule has 7 N–H and O–H groups in total. The molecule has 50 heavy (non-hydrogen) atoms. The zero-order chi connectivity index (χ0) is 35.9. The number of hydrogen-bond acceptors (Lipinski definition) is 13. The van der Waals surface area contributed by atoms with Crippen molar-refractivity contribution in [3.8, 4) is 0 Å². The fraction of sp³-hybridized carbons (Fsp3) is 0.441. The summed E-state index contributed by atoms with van der Waals surface area (Å²) in [4.78, 5) is 48.3. The molecule has 0 saturated heterocycles. The number of imidazole rings is 1. The van der Waals surface area contributed by atoms with Gasteiger partial charge in [0.1, 0.15) is 5.76 Å². The van der Waals surface area contributed by atoms with E-state index >= 15 is 0 Å². The molecule has 0 aliphatic heterocycles. The first kappa shape index (κ1) is 37.5. The number of hydrogen-bond donors (Lipinski definition) is 7. The summed E-state index contributed by atoms with van der Waals surface area (Å²) in [5.41, 5.74) is 2.10. The van der Waals surface area contributed by atoms with Crippen molar-refractivity contribution in [2.24, 2.45) is 10.2 Å². The summed E-state index contributed by atoms with van der Waals surface area (Å²) in [6, 6.07) is 11.9. The smallest absolute Gasteiger partial charge is 0.323 e. The molecule has 0 fully saturated rings. The molecule has 4 rings (SSSR count). The third kappa shape index (κ3) is 11.4. The zero-order valence-electron chi connectivity index (χ0n) is 29.5. The number of aromatic nitrogens is 5. The van der Waals surface area contributed by atoms with Crippen molar-refractivity contribution in [3.05, 3.63) is 64.4 Å². The standard InChI is InChI=1S/C34H49N13O3/c1-6-46(7-2)20-10-18-35-31-41-32(36-19-11-21-47(8-3)9-4)43-33(42-31)38-24-12-14-25(15-13-24)44-45-29(23(5)48)30(49)37-26-16-17-27-28(22-26)40-34(50)39-27/h12-17,22,48H,6-11,18-21H2,1-5H3,(H,37,49)(H2,39,40,50)(H3,35,36,38,41,42,43). The molecule has 0 saturated carbocycles. The van der Waals surface area contributed by atoms with Crippen molar-refractivity contribution in [2.75, 3.05) is 73.6 Å². The number of H-pyrrole nitrogens is 2. The van der Waals surface area contributed by atoms with Crippen LogP contribution in [-0.4, -0.2) is 98.1 Å². The van der Waals surface area contributed by atoms with Gasteiger partial charge in [0, 0.05) is 24.5 Å². The van der Waals surface area contributed by atoms with Crippen LogP contribution in [0.15, 0.2) is 68.9 Å².